The van der Waals surface area contributed by atoms with Crippen molar-refractivity contribution in [1.29, 1.82) is 0 Å². The molecule has 6 nitrogen and oxygen atoms in total. The summed E-state index contributed by atoms with van der Waals surface area (Å²) in [6, 6.07) is 15.2. The Hall–Kier alpha value is -3.67. The SMILES string of the molecule is COc1cc(NC(c2cccnc2)C(C=O)c2c[nH]c3ccccc23)ccn1. The topological polar surface area (TPSA) is 79.9 Å². The number of aromatic nitrogens is 3. The van der Waals surface area contributed by atoms with Gasteiger partial charge in [0.25, 0.3) is 0 Å². The molecule has 6 heteroatoms. The number of benzene rings is 1. The summed E-state index contributed by atoms with van der Waals surface area (Å²) in [4.78, 5) is 23.9. The van der Waals surface area contributed by atoms with Crippen LogP contribution < -0.4 is 10.1 Å². The molecule has 0 aliphatic carbocycles. The molecule has 0 bridgehead atoms. The van der Waals surface area contributed by atoms with Crippen molar-refractivity contribution in [2.75, 3.05) is 12.4 Å². The van der Waals surface area contributed by atoms with Crippen LogP contribution in [0.5, 0.6) is 5.88 Å². The van der Waals surface area contributed by atoms with Gasteiger partial charge in [0.15, 0.2) is 0 Å². The van der Waals surface area contributed by atoms with Crippen molar-refractivity contribution in [3.8, 4) is 5.88 Å². The number of ether oxygens (including phenoxy) is 1. The molecule has 0 saturated heterocycles. The second kappa shape index (κ2) is 7.92. The maximum absolute atomic E-state index is 12.3. The summed E-state index contributed by atoms with van der Waals surface area (Å²) in [7, 11) is 1.57. The second-order valence-corrected chi connectivity index (χ2v) is 6.45. The van der Waals surface area contributed by atoms with Gasteiger partial charge in [0.05, 0.1) is 19.1 Å². The van der Waals surface area contributed by atoms with Gasteiger partial charge in [0.2, 0.25) is 5.88 Å². The molecule has 4 rings (SSSR count). The molecule has 2 unspecified atom stereocenters. The van der Waals surface area contributed by atoms with Gasteiger partial charge in [-0.25, -0.2) is 4.98 Å². The van der Waals surface area contributed by atoms with Crippen molar-refractivity contribution in [1.82, 2.24) is 15.0 Å². The molecular formula is C22H20N4O2. The van der Waals surface area contributed by atoms with Gasteiger partial charge in [-0.3, -0.25) is 4.98 Å². The first-order valence-corrected chi connectivity index (χ1v) is 8.98. The Kier molecular flexibility index (Phi) is 5.01. The Balaban J connectivity index is 1.78. The van der Waals surface area contributed by atoms with E-state index in [-0.39, 0.29) is 6.04 Å². The lowest BCUT2D eigenvalue weighted by molar-refractivity contribution is -0.109. The fraction of sp³-hybridized carbons (Fsp3) is 0.136. The zero-order valence-corrected chi connectivity index (χ0v) is 15.4. The molecule has 0 radical (unpaired) electrons. The molecule has 0 aliphatic heterocycles. The number of methoxy groups -OCH3 is 1. The Morgan fingerprint density at radius 2 is 2.04 bits per heavy atom. The number of aromatic amines is 1. The number of pyridine rings is 2. The van der Waals surface area contributed by atoms with Gasteiger partial charge < -0.3 is 19.8 Å². The molecule has 3 heterocycles. The smallest absolute Gasteiger partial charge is 0.214 e. The second-order valence-electron chi connectivity index (χ2n) is 6.45. The summed E-state index contributed by atoms with van der Waals surface area (Å²) in [5, 5.41) is 4.50. The van der Waals surface area contributed by atoms with Gasteiger partial charge >= 0.3 is 0 Å². The number of carbonyl (C=O) groups excluding carboxylic acids is 1. The highest BCUT2D eigenvalue weighted by molar-refractivity contribution is 5.87. The molecule has 3 aromatic heterocycles. The molecule has 1 aromatic carbocycles. The van der Waals surface area contributed by atoms with Crippen LogP contribution in [0.4, 0.5) is 5.69 Å². The Morgan fingerprint density at radius 1 is 1.14 bits per heavy atom. The van der Waals surface area contributed by atoms with Gasteiger partial charge in [-0.2, -0.15) is 0 Å². The van der Waals surface area contributed by atoms with Gasteiger partial charge in [0, 0.05) is 47.4 Å². The third-order valence-electron chi connectivity index (χ3n) is 4.80. The molecule has 2 atom stereocenters. The van der Waals surface area contributed by atoms with Crippen LogP contribution in [0.15, 0.2) is 73.3 Å². The quantitative estimate of drug-likeness (QED) is 0.477. The predicted molar refractivity (Wildman–Crippen MR) is 108 cm³/mol. The van der Waals surface area contributed by atoms with Crippen LogP contribution >= 0.6 is 0 Å². The van der Waals surface area contributed by atoms with Crippen molar-refractivity contribution < 1.29 is 9.53 Å². The first-order valence-electron chi connectivity index (χ1n) is 8.98. The zero-order chi connectivity index (χ0) is 19.3. The standard InChI is InChI=1S/C22H20N4O2/c1-28-21-11-16(8-10-24-21)26-22(15-5-4-9-23-12-15)19(14-27)18-13-25-20-7-3-2-6-17(18)20/h2-14,19,22,25H,1H3,(H,24,26). The van der Waals surface area contributed by atoms with Crippen LogP contribution in [-0.2, 0) is 4.79 Å². The first kappa shape index (κ1) is 17.7. The molecule has 140 valence electrons. The van der Waals surface area contributed by atoms with E-state index in [0.717, 1.165) is 34.0 Å². The average Bonchev–Trinajstić information content (AvgIpc) is 3.18. The number of para-hydroxylation sites is 1. The van der Waals surface area contributed by atoms with E-state index in [4.69, 9.17) is 4.74 Å². The average molecular weight is 372 g/mol. The summed E-state index contributed by atoms with van der Waals surface area (Å²) < 4.78 is 5.22. The van der Waals surface area contributed by atoms with Gasteiger partial charge in [-0.05, 0) is 29.3 Å². The third kappa shape index (κ3) is 3.44. The number of fused-ring (bicyclic) bond motifs is 1. The lowest BCUT2D eigenvalue weighted by Gasteiger charge is -2.25. The summed E-state index contributed by atoms with van der Waals surface area (Å²) in [5.74, 6) is 0.0872. The number of hydrogen-bond acceptors (Lipinski definition) is 5. The van der Waals surface area contributed by atoms with Crippen molar-refractivity contribution in [3.05, 3.63) is 84.4 Å². The maximum atomic E-state index is 12.3. The number of anilines is 1. The van der Waals surface area contributed by atoms with Crippen molar-refractivity contribution in [3.63, 3.8) is 0 Å². The monoisotopic (exact) mass is 372 g/mol. The predicted octanol–water partition coefficient (Wildman–Crippen LogP) is 4.10. The lowest BCUT2D eigenvalue weighted by atomic mass is 9.88. The van der Waals surface area contributed by atoms with Crippen LogP contribution in [0.2, 0.25) is 0 Å². The van der Waals surface area contributed by atoms with E-state index in [1.807, 2.05) is 48.7 Å². The normalized spacial score (nSPS) is 13.0. The van der Waals surface area contributed by atoms with E-state index in [1.54, 1.807) is 31.8 Å². The summed E-state index contributed by atoms with van der Waals surface area (Å²) in [5.41, 5.74) is 3.67. The highest BCUT2D eigenvalue weighted by Gasteiger charge is 2.27. The van der Waals surface area contributed by atoms with Gasteiger partial charge in [-0.1, -0.05) is 24.3 Å². The molecule has 2 N–H and O–H groups in total. The highest BCUT2D eigenvalue weighted by atomic mass is 16.5. The first-order chi connectivity index (χ1) is 13.8. The summed E-state index contributed by atoms with van der Waals surface area (Å²) >= 11 is 0. The minimum Gasteiger partial charge on any atom is -0.481 e. The Bertz CT molecular complexity index is 1080. The molecule has 4 aromatic rings. The molecule has 28 heavy (non-hydrogen) atoms. The minimum absolute atomic E-state index is 0.308. The summed E-state index contributed by atoms with van der Waals surface area (Å²) in [6.07, 6.45) is 8.06. The van der Waals surface area contributed by atoms with Gasteiger partial charge in [-0.15, -0.1) is 0 Å². The van der Waals surface area contributed by atoms with E-state index in [9.17, 15) is 4.79 Å². The van der Waals surface area contributed by atoms with Crippen LogP contribution in [0.3, 0.4) is 0 Å². The van der Waals surface area contributed by atoms with Crippen LogP contribution in [0.1, 0.15) is 23.1 Å². The molecule has 0 fully saturated rings. The van der Waals surface area contributed by atoms with E-state index in [1.165, 1.54) is 0 Å². The van der Waals surface area contributed by atoms with Crippen molar-refractivity contribution in [2.45, 2.75) is 12.0 Å². The number of hydrogen-bond donors (Lipinski definition) is 2. The fourth-order valence-electron chi connectivity index (χ4n) is 3.43. The molecule has 0 aliphatic rings. The lowest BCUT2D eigenvalue weighted by Crippen LogP contribution is -2.21. The summed E-state index contributed by atoms with van der Waals surface area (Å²) in [6.45, 7) is 0. The number of nitrogens with zero attached hydrogens (tertiary/aromatic N) is 2. The molecular weight excluding hydrogens is 352 g/mol. The number of nitrogens with one attached hydrogen (secondary N) is 2. The Morgan fingerprint density at radius 3 is 2.82 bits per heavy atom. The number of aldehydes is 1. The highest BCUT2D eigenvalue weighted by Crippen LogP contribution is 2.36. The van der Waals surface area contributed by atoms with E-state index in [0.29, 0.717) is 5.88 Å². The maximum Gasteiger partial charge on any atom is 0.214 e. The fourth-order valence-corrected chi connectivity index (χ4v) is 3.43. The van der Waals surface area contributed by atoms with E-state index in [2.05, 4.69) is 20.3 Å². The third-order valence-corrected chi connectivity index (χ3v) is 4.80. The van der Waals surface area contributed by atoms with Crippen molar-refractivity contribution >= 4 is 22.9 Å². The van der Waals surface area contributed by atoms with E-state index >= 15 is 0 Å². The zero-order valence-electron chi connectivity index (χ0n) is 15.4. The Labute approximate surface area is 162 Å². The van der Waals surface area contributed by atoms with E-state index < -0.39 is 5.92 Å². The largest absolute Gasteiger partial charge is 0.481 e. The number of H-pyrrole nitrogens is 1. The molecule has 0 spiro atoms. The number of rotatable bonds is 7. The molecule has 0 saturated carbocycles. The minimum atomic E-state index is -0.417. The van der Waals surface area contributed by atoms with Crippen LogP contribution in [0.25, 0.3) is 10.9 Å². The van der Waals surface area contributed by atoms with Crippen LogP contribution in [-0.4, -0.2) is 28.3 Å². The van der Waals surface area contributed by atoms with Crippen LogP contribution in [0, 0.1) is 0 Å². The van der Waals surface area contributed by atoms with Crippen molar-refractivity contribution in [2.24, 2.45) is 0 Å². The molecule has 0 amide bonds. The number of carbonyl (C=O) groups is 1. The van der Waals surface area contributed by atoms with Gasteiger partial charge in [0.1, 0.15) is 6.29 Å².